The molecule has 2 aromatic rings. The second kappa shape index (κ2) is 6.07. The molecular formula is C14H14N2O4S2. The van der Waals surface area contributed by atoms with Crippen molar-refractivity contribution in [3.63, 3.8) is 0 Å². The third-order valence-corrected chi connectivity index (χ3v) is 6.00. The zero-order valence-electron chi connectivity index (χ0n) is 11.5. The van der Waals surface area contributed by atoms with Crippen molar-refractivity contribution in [2.45, 2.75) is 10.6 Å². The van der Waals surface area contributed by atoms with E-state index in [0.29, 0.717) is 22.1 Å². The van der Waals surface area contributed by atoms with Crippen molar-refractivity contribution in [3.8, 4) is 5.75 Å². The summed E-state index contributed by atoms with van der Waals surface area (Å²) in [5, 5.41) is 4.45. The SMILES string of the molecule is O=C1COc2ccc(CCNS(=O)(=O)c3cccs3)cc2N1. The van der Waals surface area contributed by atoms with Gasteiger partial charge in [-0.2, -0.15) is 0 Å². The number of hydrogen-bond acceptors (Lipinski definition) is 5. The maximum Gasteiger partial charge on any atom is 0.262 e. The van der Waals surface area contributed by atoms with E-state index in [1.807, 2.05) is 6.07 Å². The van der Waals surface area contributed by atoms with E-state index in [-0.39, 0.29) is 19.1 Å². The van der Waals surface area contributed by atoms with E-state index in [9.17, 15) is 13.2 Å². The number of fused-ring (bicyclic) bond motifs is 1. The Morgan fingerprint density at radius 1 is 1.32 bits per heavy atom. The number of ether oxygens (including phenoxy) is 1. The molecule has 1 aliphatic rings. The fraction of sp³-hybridized carbons (Fsp3) is 0.214. The first-order valence-electron chi connectivity index (χ1n) is 6.63. The second-order valence-electron chi connectivity index (χ2n) is 4.75. The molecule has 0 saturated heterocycles. The van der Waals surface area contributed by atoms with Crippen LogP contribution in [-0.2, 0) is 21.2 Å². The number of thiophene rings is 1. The second-order valence-corrected chi connectivity index (χ2v) is 7.69. The largest absolute Gasteiger partial charge is 0.482 e. The first-order chi connectivity index (χ1) is 10.5. The van der Waals surface area contributed by atoms with Gasteiger partial charge < -0.3 is 10.1 Å². The van der Waals surface area contributed by atoms with Crippen molar-refractivity contribution in [2.24, 2.45) is 0 Å². The predicted octanol–water partition coefficient (Wildman–Crippen LogP) is 1.60. The molecule has 22 heavy (non-hydrogen) atoms. The number of rotatable bonds is 5. The maximum absolute atomic E-state index is 12.0. The monoisotopic (exact) mass is 338 g/mol. The number of amides is 1. The highest BCUT2D eigenvalue weighted by Crippen LogP contribution is 2.28. The van der Waals surface area contributed by atoms with E-state index in [4.69, 9.17) is 4.74 Å². The van der Waals surface area contributed by atoms with Gasteiger partial charge >= 0.3 is 0 Å². The highest BCUT2D eigenvalue weighted by molar-refractivity contribution is 7.91. The van der Waals surface area contributed by atoms with Crippen LogP contribution in [0.3, 0.4) is 0 Å². The number of nitrogens with one attached hydrogen (secondary N) is 2. The number of hydrogen-bond donors (Lipinski definition) is 2. The number of sulfonamides is 1. The molecule has 0 spiro atoms. The van der Waals surface area contributed by atoms with Gasteiger partial charge in [-0.15, -0.1) is 11.3 Å². The number of carbonyl (C=O) groups is 1. The highest BCUT2D eigenvalue weighted by atomic mass is 32.2. The van der Waals surface area contributed by atoms with Gasteiger partial charge in [-0.25, -0.2) is 13.1 Å². The topological polar surface area (TPSA) is 84.5 Å². The molecule has 0 bridgehead atoms. The molecule has 2 heterocycles. The molecule has 0 aliphatic carbocycles. The average Bonchev–Trinajstić information content (AvgIpc) is 3.01. The van der Waals surface area contributed by atoms with Gasteiger partial charge in [0.05, 0.1) is 5.69 Å². The van der Waals surface area contributed by atoms with Crippen LogP contribution in [0.25, 0.3) is 0 Å². The minimum Gasteiger partial charge on any atom is -0.482 e. The van der Waals surface area contributed by atoms with Crippen LogP contribution in [0, 0.1) is 0 Å². The van der Waals surface area contributed by atoms with E-state index < -0.39 is 10.0 Å². The smallest absolute Gasteiger partial charge is 0.262 e. The third kappa shape index (κ3) is 3.29. The van der Waals surface area contributed by atoms with Gasteiger partial charge in [-0.1, -0.05) is 12.1 Å². The molecule has 0 unspecified atom stereocenters. The summed E-state index contributed by atoms with van der Waals surface area (Å²) in [6.07, 6.45) is 0.522. The molecule has 1 amide bonds. The molecule has 116 valence electrons. The van der Waals surface area contributed by atoms with E-state index in [1.165, 1.54) is 11.3 Å². The minimum atomic E-state index is -3.44. The Kier molecular flexibility index (Phi) is 4.14. The molecule has 1 aliphatic heterocycles. The molecule has 0 atom stereocenters. The lowest BCUT2D eigenvalue weighted by molar-refractivity contribution is -0.118. The van der Waals surface area contributed by atoms with Gasteiger partial charge in [-0.05, 0) is 35.6 Å². The van der Waals surface area contributed by atoms with Crippen LogP contribution in [0.15, 0.2) is 39.9 Å². The Balaban J connectivity index is 1.63. The molecule has 2 N–H and O–H groups in total. The molecule has 0 saturated carbocycles. The molecule has 6 nitrogen and oxygen atoms in total. The van der Waals surface area contributed by atoms with Crippen molar-refractivity contribution < 1.29 is 17.9 Å². The van der Waals surface area contributed by atoms with E-state index in [1.54, 1.807) is 29.6 Å². The van der Waals surface area contributed by atoms with Crippen molar-refractivity contribution in [1.29, 1.82) is 0 Å². The lowest BCUT2D eigenvalue weighted by Crippen LogP contribution is -2.26. The predicted molar refractivity (Wildman–Crippen MR) is 83.8 cm³/mol. The van der Waals surface area contributed by atoms with Gasteiger partial charge in [0, 0.05) is 6.54 Å². The summed E-state index contributed by atoms with van der Waals surface area (Å²) in [4.78, 5) is 11.3. The Morgan fingerprint density at radius 3 is 2.95 bits per heavy atom. The zero-order valence-corrected chi connectivity index (χ0v) is 13.2. The van der Waals surface area contributed by atoms with E-state index in [0.717, 1.165) is 5.56 Å². The summed E-state index contributed by atoms with van der Waals surface area (Å²) < 4.78 is 32.1. The van der Waals surface area contributed by atoms with Crippen molar-refractivity contribution in [3.05, 3.63) is 41.3 Å². The molecule has 8 heteroatoms. The van der Waals surface area contributed by atoms with Crippen LogP contribution in [0.4, 0.5) is 5.69 Å². The first-order valence-corrected chi connectivity index (χ1v) is 9.00. The normalized spacial score (nSPS) is 14.1. The summed E-state index contributed by atoms with van der Waals surface area (Å²) in [7, 11) is -3.44. The van der Waals surface area contributed by atoms with Crippen LogP contribution in [0.5, 0.6) is 5.75 Å². The number of benzene rings is 1. The molecule has 0 radical (unpaired) electrons. The van der Waals surface area contributed by atoms with Crippen LogP contribution in [0.1, 0.15) is 5.56 Å². The molecular weight excluding hydrogens is 324 g/mol. The van der Waals surface area contributed by atoms with Crippen molar-refractivity contribution in [1.82, 2.24) is 4.72 Å². The fourth-order valence-electron chi connectivity index (χ4n) is 2.10. The van der Waals surface area contributed by atoms with Crippen molar-refractivity contribution >= 4 is 33.0 Å². The lowest BCUT2D eigenvalue weighted by Gasteiger charge is -2.18. The molecule has 3 rings (SSSR count). The van der Waals surface area contributed by atoms with Crippen molar-refractivity contribution in [2.75, 3.05) is 18.5 Å². The number of carbonyl (C=O) groups excluding carboxylic acids is 1. The fourth-order valence-corrected chi connectivity index (χ4v) is 4.17. The molecule has 1 aromatic heterocycles. The van der Waals surface area contributed by atoms with E-state index >= 15 is 0 Å². The summed E-state index contributed by atoms with van der Waals surface area (Å²) in [5.74, 6) is 0.436. The standard InChI is InChI=1S/C14H14N2O4S2/c17-13-9-20-12-4-3-10(8-11(12)16-13)5-6-15-22(18,19)14-2-1-7-21-14/h1-4,7-8,15H,5-6,9H2,(H,16,17). The summed E-state index contributed by atoms with van der Waals surface area (Å²) >= 11 is 1.18. The van der Waals surface area contributed by atoms with Gasteiger partial charge in [0.2, 0.25) is 10.0 Å². The Labute approximate surface area is 132 Å². The number of anilines is 1. The average molecular weight is 338 g/mol. The van der Waals surface area contributed by atoms with Crippen LogP contribution in [-0.4, -0.2) is 27.5 Å². The quantitative estimate of drug-likeness (QED) is 0.867. The Hall–Kier alpha value is -1.90. The third-order valence-electron chi connectivity index (χ3n) is 3.14. The van der Waals surface area contributed by atoms with Crippen LogP contribution >= 0.6 is 11.3 Å². The Morgan fingerprint density at radius 2 is 2.18 bits per heavy atom. The minimum absolute atomic E-state index is 0.0208. The highest BCUT2D eigenvalue weighted by Gasteiger charge is 2.17. The van der Waals surface area contributed by atoms with Gasteiger partial charge in [0.15, 0.2) is 6.61 Å². The van der Waals surface area contributed by atoms with Gasteiger partial charge in [-0.3, -0.25) is 4.79 Å². The first kappa shape index (κ1) is 15.0. The molecule has 1 aromatic carbocycles. The van der Waals surface area contributed by atoms with Crippen LogP contribution < -0.4 is 14.8 Å². The summed E-state index contributed by atoms with van der Waals surface area (Å²) in [5.41, 5.74) is 1.54. The zero-order chi connectivity index (χ0) is 15.6. The van der Waals surface area contributed by atoms with E-state index in [2.05, 4.69) is 10.0 Å². The maximum atomic E-state index is 12.0. The van der Waals surface area contributed by atoms with Gasteiger partial charge in [0.25, 0.3) is 5.91 Å². The Bertz CT molecular complexity index is 785. The summed E-state index contributed by atoms with van der Waals surface area (Å²) in [6, 6.07) is 8.70. The lowest BCUT2D eigenvalue weighted by atomic mass is 10.1. The van der Waals surface area contributed by atoms with Crippen LogP contribution in [0.2, 0.25) is 0 Å². The van der Waals surface area contributed by atoms with Gasteiger partial charge in [0.1, 0.15) is 9.96 Å². The summed E-state index contributed by atoms with van der Waals surface area (Å²) in [6.45, 7) is 0.306. The molecule has 0 fully saturated rings.